The van der Waals surface area contributed by atoms with E-state index in [9.17, 15) is 18.0 Å². The molecule has 38 heavy (non-hydrogen) atoms. The van der Waals surface area contributed by atoms with E-state index < -0.39 is 28.5 Å². The average molecular weight is 537 g/mol. The normalized spacial score (nSPS) is 11.8. The largest absolute Gasteiger partial charge is 0.497 e. The first-order valence-corrected chi connectivity index (χ1v) is 13.6. The minimum Gasteiger partial charge on any atom is -0.497 e. The molecule has 1 amide bonds. The Morgan fingerprint density at radius 3 is 2.32 bits per heavy atom. The topological polar surface area (TPSA) is 102 Å². The van der Waals surface area contributed by atoms with Gasteiger partial charge in [0, 0.05) is 18.8 Å². The van der Waals surface area contributed by atoms with E-state index in [4.69, 9.17) is 9.47 Å². The number of benzene rings is 3. The fraction of sp³-hybridized carbons (Fsp3) is 0.241. The Morgan fingerprint density at radius 1 is 0.947 bits per heavy atom. The molecule has 0 atom stereocenters. The Morgan fingerprint density at radius 2 is 1.66 bits per heavy atom. The highest BCUT2D eigenvalue weighted by Crippen LogP contribution is 2.24. The van der Waals surface area contributed by atoms with Crippen molar-refractivity contribution in [2.45, 2.75) is 25.7 Å². The van der Waals surface area contributed by atoms with Crippen molar-refractivity contribution < 1.29 is 27.5 Å². The molecule has 8 nitrogen and oxygen atoms in total. The molecular formula is C29H32N2O6S. The molecule has 0 radical (unpaired) electrons. The van der Waals surface area contributed by atoms with Crippen LogP contribution in [0.1, 0.15) is 30.5 Å². The van der Waals surface area contributed by atoms with Gasteiger partial charge in [0.05, 0.1) is 17.6 Å². The predicted molar refractivity (Wildman–Crippen MR) is 148 cm³/mol. The van der Waals surface area contributed by atoms with Gasteiger partial charge in [-0.3, -0.25) is 4.79 Å². The second-order valence-corrected chi connectivity index (χ2v) is 10.3. The van der Waals surface area contributed by atoms with Gasteiger partial charge in [0.1, 0.15) is 5.75 Å². The van der Waals surface area contributed by atoms with Crippen molar-refractivity contribution in [2.75, 3.05) is 32.1 Å². The van der Waals surface area contributed by atoms with E-state index in [-0.39, 0.29) is 16.2 Å². The number of rotatable bonds is 11. The number of amides is 1. The molecule has 0 saturated heterocycles. The molecule has 1 N–H and O–H groups in total. The van der Waals surface area contributed by atoms with Crippen LogP contribution in [-0.4, -0.2) is 51.4 Å². The summed E-state index contributed by atoms with van der Waals surface area (Å²) in [6.07, 6.45) is 1.67. The number of hydrogen-bond donors (Lipinski definition) is 1. The third-order valence-electron chi connectivity index (χ3n) is 5.84. The number of carbonyl (C=O) groups is 2. The van der Waals surface area contributed by atoms with Crippen molar-refractivity contribution in [3.05, 3.63) is 89.5 Å². The molecule has 3 aromatic carbocycles. The number of nitrogens with zero attached hydrogens (tertiary/aromatic N) is 1. The average Bonchev–Trinajstić information content (AvgIpc) is 2.92. The zero-order valence-corrected chi connectivity index (χ0v) is 22.7. The molecule has 0 saturated carbocycles. The lowest BCUT2D eigenvalue weighted by Gasteiger charge is -2.20. The van der Waals surface area contributed by atoms with Crippen LogP contribution in [0.5, 0.6) is 5.75 Å². The van der Waals surface area contributed by atoms with E-state index in [0.717, 1.165) is 5.56 Å². The molecule has 0 aliphatic carbocycles. The van der Waals surface area contributed by atoms with Gasteiger partial charge in [-0.1, -0.05) is 62.4 Å². The van der Waals surface area contributed by atoms with Gasteiger partial charge in [-0.05, 0) is 54.0 Å². The van der Waals surface area contributed by atoms with Crippen LogP contribution < -0.4 is 10.1 Å². The van der Waals surface area contributed by atoms with Crippen LogP contribution in [0.2, 0.25) is 0 Å². The number of ether oxygens (including phenoxy) is 2. The monoisotopic (exact) mass is 536 g/mol. The minimum absolute atomic E-state index is 0.114. The van der Waals surface area contributed by atoms with Gasteiger partial charge in [0.2, 0.25) is 10.0 Å². The van der Waals surface area contributed by atoms with Gasteiger partial charge in [-0.2, -0.15) is 4.31 Å². The van der Waals surface area contributed by atoms with Crippen molar-refractivity contribution in [3.63, 3.8) is 0 Å². The fourth-order valence-electron chi connectivity index (χ4n) is 3.84. The van der Waals surface area contributed by atoms with Crippen LogP contribution in [0.3, 0.4) is 0 Å². The number of esters is 1. The summed E-state index contributed by atoms with van der Waals surface area (Å²) >= 11 is 0. The van der Waals surface area contributed by atoms with Crippen LogP contribution in [-0.2, 0) is 24.3 Å². The molecule has 3 aromatic rings. The maximum Gasteiger partial charge on any atom is 0.339 e. The second-order valence-electron chi connectivity index (χ2n) is 8.39. The molecular weight excluding hydrogens is 504 g/mol. The highest BCUT2D eigenvalue weighted by molar-refractivity contribution is 7.89. The Labute approximate surface area is 223 Å². The SMILES string of the molecule is CCN(CC)S(=O)(=O)c1cc(NC(=O)COC(=O)C(=Cc2cccc(OC)c2)c2ccccc2)ccc1C. The predicted octanol–water partition coefficient (Wildman–Crippen LogP) is 4.76. The summed E-state index contributed by atoms with van der Waals surface area (Å²) in [6.45, 7) is 5.35. The van der Waals surface area contributed by atoms with E-state index in [1.54, 1.807) is 82.5 Å². The lowest BCUT2D eigenvalue weighted by Crippen LogP contribution is -2.31. The van der Waals surface area contributed by atoms with E-state index in [0.29, 0.717) is 30.0 Å². The van der Waals surface area contributed by atoms with Crippen LogP contribution in [0.25, 0.3) is 11.6 Å². The number of aryl methyl sites for hydroxylation is 1. The van der Waals surface area contributed by atoms with E-state index in [1.165, 1.54) is 10.4 Å². The highest BCUT2D eigenvalue weighted by atomic mass is 32.2. The summed E-state index contributed by atoms with van der Waals surface area (Å²) in [5.74, 6) is -0.635. The molecule has 0 bridgehead atoms. The Hall–Kier alpha value is -3.95. The van der Waals surface area contributed by atoms with Gasteiger partial charge in [-0.15, -0.1) is 0 Å². The van der Waals surface area contributed by atoms with Gasteiger partial charge in [0.15, 0.2) is 6.61 Å². The molecule has 0 spiro atoms. The van der Waals surface area contributed by atoms with Crippen LogP contribution in [0.15, 0.2) is 77.7 Å². The number of methoxy groups -OCH3 is 1. The maximum atomic E-state index is 13.0. The number of hydrogen-bond acceptors (Lipinski definition) is 6. The van der Waals surface area contributed by atoms with Crippen LogP contribution in [0.4, 0.5) is 5.69 Å². The standard InChI is InChI=1S/C29H32N2O6S/c1-5-31(6-2)38(34,35)27-19-24(16-15-21(27)3)30-28(32)20-37-29(33)26(23-12-8-7-9-13-23)18-22-11-10-14-25(17-22)36-4/h7-19H,5-6,20H2,1-4H3,(H,30,32). The fourth-order valence-corrected chi connectivity index (χ4v) is 5.55. The quantitative estimate of drug-likeness (QED) is 0.215. The lowest BCUT2D eigenvalue weighted by molar-refractivity contribution is -0.141. The molecule has 200 valence electrons. The third-order valence-corrected chi connectivity index (χ3v) is 8.03. The van der Waals surface area contributed by atoms with E-state index in [1.807, 2.05) is 18.2 Å². The molecule has 0 unspecified atom stereocenters. The summed E-state index contributed by atoms with van der Waals surface area (Å²) in [4.78, 5) is 25.8. The van der Waals surface area contributed by atoms with Crippen molar-refractivity contribution in [1.82, 2.24) is 4.31 Å². The van der Waals surface area contributed by atoms with Crippen molar-refractivity contribution in [3.8, 4) is 5.75 Å². The van der Waals surface area contributed by atoms with Gasteiger partial charge in [0.25, 0.3) is 5.91 Å². The summed E-state index contributed by atoms with van der Waals surface area (Å²) in [5, 5.41) is 2.62. The van der Waals surface area contributed by atoms with Crippen LogP contribution >= 0.6 is 0 Å². The van der Waals surface area contributed by atoms with Gasteiger partial charge in [-0.25, -0.2) is 13.2 Å². The molecule has 0 aliphatic rings. The summed E-state index contributed by atoms with van der Waals surface area (Å²) in [7, 11) is -2.15. The van der Waals surface area contributed by atoms with E-state index >= 15 is 0 Å². The Bertz CT molecular complexity index is 1410. The summed E-state index contributed by atoms with van der Waals surface area (Å²) < 4.78 is 37.9. The van der Waals surface area contributed by atoms with Crippen molar-refractivity contribution >= 4 is 39.2 Å². The molecule has 0 fully saturated rings. The molecule has 0 aromatic heterocycles. The summed E-state index contributed by atoms with van der Waals surface area (Å²) in [6, 6.07) is 20.9. The molecule has 0 heterocycles. The lowest BCUT2D eigenvalue weighted by atomic mass is 10.0. The first-order chi connectivity index (χ1) is 18.2. The first kappa shape index (κ1) is 28.6. The number of anilines is 1. The van der Waals surface area contributed by atoms with Gasteiger partial charge < -0.3 is 14.8 Å². The number of carbonyl (C=O) groups excluding carboxylic acids is 2. The third kappa shape index (κ3) is 7.08. The minimum atomic E-state index is -3.71. The second kappa shape index (κ2) is 13.0. The molecule has 3 rings (SSSR count). The van der Waals surface area contributed by atoms with Crippen LogP contribution in [0, 0.1) is 6.92 Å². The van der Waals surface area contributed by atoms with Crippen molar-refractivity contribution in [1.29, 1.82) is 0 Å². The number of sulfonamides is 1. The van der Waals surface area contributed by atoms with Crippen molar-refractivity contribution in [2.24, 2.45) is 0 Å². The Balaban J connectivity index is 1.77. The highest BCUT2D eigenvalue weighted by Gasteiger charge is 2.24. The zero-order chi connectivity index (χ0) is 27.7. The molecule has 9 heteroatoms. The number of nitrogens with one attached hydrogen (secondary N) is 1. The molecule has 0 aliphatic heterocycles. The van der Waals surface area contributed by atoms with E-state index in [2.05, 4.69) is 5.32 Å². The smallest absolute Gasteiger partial charge is 0.339 e. The first-order valence-electron chi connectivity index (χ1n) is 12.2. The summed E-state index contributed by atoms with van der Waals surface area (Å²) in [5.41, 5.74) is 2.49. The Kier molecular flexibility index (Phi) is 9.81. The zero-order valence-electron chi connectivity index (χ0n) is 21.9. The van der Waals surface area contributed by atoms with Gasteiger partial charge >= 0.3 is 5.97 Å². The maximum absolute atomic E-state index is 13.0.